The molecule has 0 unspecified atom stereocenters. The molecule has 0 radical (unpaired) electrons. The van der Waals surface area contributed by atoms with Gasteiger partial charge < -0.3 is 9.47 Å². The van der Waals surface area contributed by atoms with Crippen molar-refractivity contribution in [2.45, 2.75) is 79.1 Å². The largest absolute Gasteiger partial charge is 0.462 e. The van der Waals surface area contributed by atoms with E-state index in [1.807, 2.05) is 0 Å². The first-order chi connectivity index (χ1) is 15.2. The molecule has 0 spiro atoms. The van der Waals surface area contributed by atoms with E-state index in [-0.39, 0.29) is 11.1 Å². The van der Waals surface area contributed by atoms with Gasteiger partial charge in [-0.15, -0.1) is 0 Å². The SMILES string of the molecule is CCCC[C@H](CC)COC(=O)c1c(Br)c(Br)c(Br)c(Br)c1C(=O)OC[C@@H](CC)CCCC. The number of hydrogen-bond acceptors (Lipinski definition) is 4. The number of rotatable bonds is 14. The molecule has 1 aromatic rings. The molecule has 0 aromatic heterocycles. The Labute approximate surface area is 226 Å². The van der Waals surface area contributed by atoms with Crippen molar-refractivity contribution in [2.24, 2.45) is 11.8 Å². The van der Waals surface area contributed by atoms with Gasteiger partial charge in [-0.3, -0.25) is 0 Å². The standard InChI is InChI=1S/C24H34Br4O4/c1-5-9-11-15(7-3)13-31-23(29)17-18(20(26)22(28)21(27)19(17)25)24(30)32-14-16(8-4)12-10-6-2/h15-16H,5-14H2,1-4H3/t15-,16-/m0/s1. The van der Waals surface area contributed by atoms with Crippen molar-refractivity contribution in [3.63, 3.8) is 0 Å². The van der Waals surface area contributed by atoms with Crippen LogP contribution in [0.5, 0.6) is 0 Å². The van der Waals surface area contributed by atoms with Gasteiger partial charge in [0.15, 0.2) is 0 Å². The number of benzene rings is 1. The molecule has 0 fully saturated rings. The molecule has 0 saturated carbocycles. The number of hydrogen-bond donors (Lipinski definition) is 0. The number of esters is 2. The van der Waals surface area contributed by atoms with E-state index in [0.717, 1.165) is 51.4 Å². The smallest absolute Gasteiger partial charge is 0.340 e. The van der Waals surface area contributed by atoms with Crippen molar-refractivity contribution >= 4 is 75.7 Å². The lowest BCUT2D eigenvalue weighted by Crippen LogP contribution is -2.21. The fraction of sp³-hybridized carbons (Fsp3) is 0.667. The Kier molecular flexibility index (Phi) is 14.9. The summed E-state index contributed by atoms with van der Waals surface area (Å²) >= 11 is 13.9. The van der Waals surface area contributed by atoms with Crippen LogP contribution in [-0.2, 0) is 9.47 Å². The molecule has 4 nitrogen and oxygen atoms in total. The van der Waals surface area contributed by atoms with Gasteiger partial charge in [0, 0.05) is 17.9 Å². The van der Waals surface area contributed by atoms with Crippen LogP contribution in [0.2, 0.25) is 0 Å². The van der Waals surface area contributed by atoms with Gasteiger partial charge in [0.1, 0.15) is 0 Å². The average molecular weight is 706 g/mol. The average Bonchev–Trinajstić information content (AvgIpc) is 2.79. The summed E-state index contributed by atoms with van der Waals surface area (Å²) in [5.41, 5.74) is 0.341. The number of carbonyl (C=O) groups is 2. The van der Waals surface area contributed by atoms with Gasteiger partial charge in [-0.25, -0.2) is 9.59 Å². The van der Waals surface area contributed by atoms with Gasteiger partial charge in [-0.1, -0.05) is 66.2 Å². The third kappa shape index (κ3) is 8.70. The van der Waals surface area contributed by atoms with E-state index in [1.165, 1.54) is 0 Å². The van der Waals surface area contributed by atoms with E-state index in [2.05, 4.69) is 91.4 Å². The van der Waals surface area contributed by atoms with E-state index in [0.29, 0.717) is 42.9 Å². The van der Waals surface area contributed by atoms with Gasteiger partial charge in [0.25, 0.3) is 0 Å². The lowest BCUT2D eigenvalue weighted by atomic mass is 10.0. The van der Waals surface area contributed by atoms with Crippen LogP contribution in [0.1, 0.15) is 99.8 Å². The summed E-state index contributed by atoms with van der Waals surface area (Å²) in [6, 6.07) is 0. The molecule has 182 valence electrons. The topological polar surface area (TPSA) is 52.6 Å². The lowest BCUT2D eigenvalue weighted by Gasteiger charge is -2.19. The number of unbranched alkanes of at least 4 members (excludes halogenated alkanes) is 2. The van der Waals surface area contributed by atoms with Crippen molar-refractivity contribution in [2.75, 3.05) is 13.2 Å². The quantitative estimate of drug-likeness (QED) is 0.110. The number of carbonyl (C=O) groups excluding carboxylic acids is 2. The predicted octanol–water partition coefficient (Wildman–Crippen LogP) is 9.48. The zero-order valence-corrected chi connectivity index (χ0v) is 25.7. The first-order valence-electron chi connectivity index (χ1n) is 11.4. The van der Waals surface area contributed by atoms with Gasteiger partial charge in [-0.05, 0) is 88.4 Å². The second-order valence-corrected chi connectivity index (χ2v) is 11.2. The monoisotopic (exact) mass is 702 g/mol. The minimum Gasteiger partial charge on any atom is -0.462 e. The van der Waals surface area contributed by atoms with Crippen LogP contribution in [0.15, 0.2) is 17.9 Å². The highest BCUT2D eigenvalue weighted by molar-refractivity contribution is 9.15. The van der Waals surface area contributed by atoms with Crippen molar-refractivity contribution in [3.8, 4) is 0 Å². The second-order valence-electron chi connectivity index (χ2n) is 8.04. The molecule has 0 aliphatic carbocycles. The Morgan fingerprint density at radius 2 is 1.00 bits per heavy atom. The molecular formula is C24H34Br4O4. The van der Waals surface area contributed by atoms with Crippen LogP contribution in [0.3, 0.4) is 0 Å². The summed E-state index contributed by atoms with van der Waals surface area (Å²) in [6.07, 6.45) is 8.32. The molecule has 0 N–H and O–H groups in total. The second kappa shape index (κ2) is 15.9. The molecule has 0 aliphatic rings. The van der Waals surface area contributed by atoms with Crippen molar-refractivity contribution in [1.29, 1.82) is 0 Å². The maximum Gasteiger partial charge on any atom is 0.340 e. The van der Waals surface area contributed by atoms with E-state index < -0.39 is 11.9 Å². The van der Waals surface area contributed by atoms with E-state index in [9.17, 15) is 9.59 Å². The summed E-state index contributed by atoms with van der Waals surface area (Å²) < 4.78 is 13.5. The molecule has 2 atom stereocenters. The third-order valence-corrected chi connectivity index (χ3v) is 10.4. The Hall–Kier alpha value is 0.0800. The Bertz CT molecular complexity index is 704. The summed E-state index contributed by atoms with van der Waals surface area (Å²) in [7, 11) is 0. The fourth-order valence-electron chi connectivity index (χ4n) is 3.34. The van der Waals surface area contributed by atoms with E-state index >= 15 is 0 Å². The van der Waals surface area contributed by atoms with Crippen molar-refractivity contribution in [1.82, 2.24) is 0 Å². The van der Waals surface area contributed by atoms with Crippen LogP contribution in [0.4, 0.5) is 0 Å². The zero-order valence-electron chi connectivity index (χ0n) is 19.4. The molecule has 0 bridgehead atoms. The summed E-state index contributed by atoms with van der Waals surface area (Å²) in [6.45, 7) is 9.16. The highest BCUT2D eigenvalue weighted by Gasteiger charge is 2.30. The first kappa shape index (κ1) is 30.1. The van der Waals surface area contributed by atoms with Gasteiger partial charge in [-0.2, -0.15) is 0 Å². The van der Waals surface area contributed by atoms with Crippen LogP contribution in [-0.4, -0.2) is 25.2 Å². The number of ether oxygens (including phenoxy) is 2. The molecule has 1 rings (SSSR count). The Balaban J connectivity index is 3.15. The van der Waals surface area contributed by atoms with Gasteiger partial charge >= 0.3 is 11.9 Å². The molecule has 0 heterocycles. The molecule has 1 aromatic carbocycles. The normalized spacial score (nSPS) is 13.0. The first-order valence-corrected chi connectivity index (χ1v) is 14.6. The van der Waals surface area contributed by atoms with Gasteiger partial charge in [0.05, 0.1) is 24.3 Å². The molecule has 8 heteroatoms. The Morgan fingerprint density at radius 3 is 1.28 bits per heavy atom. The minimum atomic E-state index is -0.536. The highest BCUT2D eigenvalue weighted by Crippen LogP contribution is 2.43. The molecule has 0 saturated heterocycles. The molecule has 0 amide bonds. The van der Waals surface area contributed by atoms with Crippen LogP contribution in [0.25, 0.3) is 0 Å². The predicted molar refractivity (Wildman–Crippen MR) is 144 cm³/mol. The van der Waals surface area contributed by atoms with Gasteiger partial charge in [0.2, 0.25) is 0 Å². The van der Waals surface area contributed by atoms with Crippen LogP contribution >= 0.6 is 63.7 Å². The minimum absolute atomic E-state index is 0.170. The summed E-state index contributed by atoms with van der Waals surface area (Å²) in [5, 5.41) is 0. The maximum absolute atomic E-state index is 13.1. The number of halogens is 4. The van der Waals surface area contributed by atoms with E-state index in [4.69, 9.17) is 9.47 Å². The Morgan fingerprint density at radius 1 is 0.656 bits per heavy atom. The molecular weight excluding hydrogens is 672 g/mol. The zero-order chi connectivity index (χ0) is 24.3. The fourth-order valence-corrected chi connectivity index (χ4v) is 5.78. The highest BCUT2D eigenvalue weighted by atomic mass is 79.9. The van der Waals surface area contributed by atoms with Crippen molar-refractivity contribution in [3.05, 3.63) is 29.0 Å². The van der Waals surface area contributed by atoms with Crippen LogP contribution < -0.4 is 0 Å². The third-order valence-electron chi connectivity index (χ3n) is 5.66. The molecule has 32 heavy (non-hydrogen) atoms. The maximum atomic E-state index is 13.1. The van der Waals surface area contributed by atoms with E-state index in [1.54, 1.807) is 0 Å². The van der Waals surface area contributed by atoms with Crippen LogP contribution in [0, 0.1) is 11.8 Å². The summed E-state index contributed by atoms with van der Waals surface area (Å²) in [4.78, 5) is 26.2. The van der Waals surface area contributed by atoms with Crippen molar-refractivity contribution < 1.29 is 19.1 Å². The lowest BCUT2D eigenvalue weighted by molar-refractivity contribution is 0.0379. The summed E-state index contributed by atoms with van der Waals surface area (Å²) in [5.74, 6) is -0.463. The molecule has 0 aliphatic heterocycles.